The number of aromatic nitrogens is 2. The van der Waals surface area contributed by atoms with Crippen molar-refractivity contribution in [3.05, 3.63) is 59.8 Å². The van der Waals surface area contributed by atoms with Gasteiger partial charge in [0.25, 0.3) is 5.91 Å². The second-order valence-electron chi connectivity index (χ2n) is 6.47. The van der Waals surface area contributed by atoms with E-state index >= 15 is 0 Å². The molecule has 0 aliphatic carbocycles. The number of ether oxygens (including phenoxy) is 2. The van der Waals surface area contributed by atoms with E-state index < -0.39 is 0 Å². The molecule has 148 valence electrons. The molecule has 4 rings (SSSR count). The molecule has 1 aromatic heterocycles. The van der Waals surface area contributed by atoms with Gasteiger partial charge in [-0.3, -0.25) is 4.79 Å². The third-order valence-corrected chi connectivity index (χ3v) is 4.25. The molecular weight excluding hydrogens is 370 g/mol. The molecule has 8 nitrogen and oxygen atoms in total. The van der Waals surface area contributed by atoms with Crippen LogP contribution in [0.3, 0.4) is 0 Å². The van der Waals surface area contributed by atoms with Crippen molar-refractivity contribution in [2.24, 2.45) is 0 Å². The summed E-state index contributed by atoms with van der Waals surface area (Å²) in [5, 5.41) is 9.23. The summed E-state index contributed by atoms with van der Waals surface area (Å²) >= 11 is 0. The van der Waals surface area contributed by atoms with Gasteiger partial charge in [-0.25, -0.2) is 4.98 Å². The van der Waals surface area contributed by atoms with E-state index in [9.17, 15) is 4.79 Å². The number of nitrogens with zero attached hydrogens (tertiary/aromatic N) is 2. The number of carbonyl (C=O) groups is 1. The van der Waals surface area contributed by atoms with E-state index in [-0.39, 0.29) is 12.7 Å². The van der Waals surface area contributed by atoms with Crippen molar-refractivity contribution in [2.75, 3.05) is 29.3 Å². The molecule has 8 heteroatoms. The number of benzene rings is 2. The van der Waals surface area contributed by atoms with Crippen LogP contribution in [0, 0.1) is 6.92 Å². The molecule has 0 saturated carbocycles. The number of fused-ring (bicyclic) bond motifs is 1. The lowest BCUT2D eigenvalue weighted by atomic mass is 10.2. The summed E-state index contributed by atoms with van der Waals surface area (Å²) in [4.78, 5) is 21.3. The number of anilines is 4. The lowest BCUT2D eigenvalue weighted by Crippen LogP contribution is -2.11. The number of amides is 1. The molecule has 0 bridgehead atoms. The second-order valence-corrected chi connectivity index (χ2v) is 6.47. The van der Waals surface area contributed by atoms with Crippen molar-refractivity contribution in [1.82, 2.24) is 9.97 Å². The summed E-state index contributed by atoms with van der Waals surface area (Å²) in [6, 6.07) is 14.3. The minimum absolute atomic E-state index is 0.176. The van der Waals surface area contributed by atoms with Crippen molar-refractivity contribution >= 4 is 29.0 Å². The molecule has 1 aliphatic rings. The Hall–Kier alpha value is -3.81. The van der Waals surface area contributed by atoms with Gasteiger partial charge < -0.3 is 25.4 Å². The van der Waals surface area contributed by atoms with Gasteiger partial charge in [-0.05, 0) is 56.3 Å². The summed E-state index contributed by atoms with van der Waals surface area (Å²) in [7, 11) is 0. The van der Waals surface area contributed by atoms with E-state index in [1.165, 1.54) is 0 Å². The molecule has 3 N–H and O–H groups in total. The molecule has 0 unspecified atom stereocenters. The third-order valence-electron chi connectivity index (χ3n) is 4.25. The van der Waals surface area contributed by atoms with Crippen LogP contribution in [0.25, 0.3) is 0 Å². The maximum atomic E-state index is 12.5. The van der Waals surface area contributed by atoms with Crippen molar-refractivity contribution in [2.45, 2.75) is 13.8 Å². The maximum absolute atomic E-state index is 12.5. The van der Waals surface area contributed by atoms with Crippen LogP contribution in [0.2, 0.25) is 0 Å². The highest BCUT2D eigenvalue weighted by Gasteiger charge is 2.16. The van der Waals surface area contributed by atoms with Gasteiger partial charge in [-0.15, -0.1) is 0 Å². The fourth-order valence-electron chi connectivity index (χ4n) is 2.90. The Labute approximate surface area is 168 Å². The standard InChI is InChI=1S/C21H21N5O3/c1-3-22-19-10-13(2)23-21(26-19)25-16-7-5-15(6-8-16)24-20(27)14-4-9-17-18(11-14)29-12-28-17/h4-11H,3,12H2,1-2H3,(H,24,27)(H2,22,23,25,26). The highest BCUT2D eigenvalue weighted by Crippen LogP contribution is 2.32. The zero-order chi connectivity index (χ0) is 20.2. The first-order valence-electron chi connectivity index (χ1n) is 9.28. The number of hydrogen-bond donors (Lipinski definition) is 3. The summed E-state index contributed by atoms with van der Waals surface area (Å²) in [6.45, 7) is 4.90. The largest absolute Gasteiger partial charge is 0.454 e. The first-order valence-corrected chi connectivity index (χ1v) is 9.28. The van der Waals surface area contributed by atoms with Gasteiger partial charge in [0.05, 0.1) is 0 Å². The first kappa shape index (κ1) is 18.5. The molecule has 0 atom stereocenters. The molecule has 0 fully saturated rings. The SMILES string of the molecule is CCNc1cc(C)nc(Nc2ccc(NC(=O)c3ccc4c(c3)OCO4)cc2)n1. The van der Waals surface area contributed by atoms with Gasteiger partial charge in [-0.2, -0.15) is 4.98 Å². The smallest absolute Gasteiger partial charge is 0.255 e. The molecule has 29 heavy (non-hydrogen) atoms. The van der Waals surface area contributed by atoms with E-state index in [4.69, 9.17) is 9.47 Å². The minimum Gasteiger partial charge on any atom is -0.454 e. The summed E-state index contributed by atoms with van der Waals surface area (Å²) < 4.78 is 10.6. The van der Waals surface area contributed by atoms with Crippen LogP contribution in [-0.2, 0) is 0 Å². The molecule has 1 aliphatic heterocycles. The molecule has 0 radical (unpaired) electrons. The lowest BCUT2D eigenvalue weighted by Gasteiger charge is -2.10. The molecule has 0 spiro atoms. The number of aryl methyl sites for hydroxylation is 1. The van der Waals surface area contributed by atoms with Gasteiger partial charge in [0.2, 0.25) is 12.7 Å². The highest BCUT2D eigenvalue weighted by molar-refractivity contribution is 6.04. The van der Waals surface area contributed by atoms with Gasteiger partial charge in [0, 0.05) is 35.2 Å². The van der Waals surface area contributed by atoms with Crippen molar-refractivity contribution in [3.8, 4) is 11.5 Å². The van der Waals surface area contributed by atoms with E-state index in [1.807, 2.05) is 44.2 Å². The summed E-state index contributed by atoms with van der Waals surface area (Å²) in [5.41, 5.74) is 2.86. The number of rotatable bonds is 6. The Bertz CT molecular complexity index is 1040. The van der Waals surface area contributed by atoms with Crippen LogP contribution >= 0.6 is 0 Å². The van der Waals surface area contributed by atoms with Crippen LogP contribution in [-0.4, -0.2) is 29.2 Å². The number of nitrogens with one attached hydrogen (secondary N) is 3. The Morgan fingerprint density at radius 2 is 1.76 bits per heavy atom. The zero-order valence-corrected chi connectivity index (χ0v) is 16.2. The maximum Gasteiger partial charge on any atom is 0.255 e. The summed E-state index contributed by atoms with van der Waals surface area (Å²) in [5.74, 6) is 2.29. The Kier molecular flexibility index (Phi) is 5.15. The quantitative estimate of drug-likeness (QED) is 0.585. The van der Waals surface area contributed by atoms with Crippen LogP contribution < -0.4 is 25.4 Å². The van der Waals surface area contributed by atoms with Gasteiger partial charge in [0.1, 0.15) is 5.82 Å². The minimum atomic E-state index is -0.221. The lowest BCUT2D eigenvalue weighted by molar-refractivity contribution is 0.102. The van der Waals surface area contributed by atoms with Gasteiger partial charge in [0.15, 0.2) is 11.5 Å². The average molecular weight is 391 g/mol. The Morgan fingerprint density at radius 1 is 1.00 bits per heavy atom. The fraction of sp³-hybridized carbons (Fsp3) is 0.190. The van der Waals surface area contributed by atoms with Crippen LogP contribution in [0.15, 0.2) is 48.5 Å². The van der Waals surface area contributed by atoms with Crippen LogP contribution in [0.4, 0.5) is 23.1 Å². The van der Waals surface area contributed by atoms with Crippen LogP contribution in [0.5, 0.6) is 11.5 Å². The van der Waals surface area contributed by atoms with E-state index in [0.29, 0.717) is 28.7 Å². The van der Waals surface area contributed by atoms with E-state index in [2.05, 4.69) is 25.9 Å². The molecule has 2 aromatic carbocycles. The van der Waals surface area contributed by atoms with Gasteiger partial charge in [-0.1, -0.05) is 0 Å². The molecule has 1 amide bonds. The molecular formula is C21H21N5O3. The molecule has 3 aromatic rings. The third kappa shape index (κ3) is 4.37. The molecule has 2 heterocycles. The van der Waals surface area contributed by atoms with Crippen molar-refractivity contribution < 1.29 is 14.3 Å². The van der Waals surface area contributed by atoms with Crippen LogP contribution in [0.1, 0.15) is 23.0 Å². The van der Waals surface area contributed by atoms with Crippen molar-refractivity contribution in [1.29, 1.82) is 0 Å². The van der Waals surface area contributed by atoms with Crippen molar-refractivity contribution in [3.63, 3.8) is 0 Å². The van der Waals surface area contributed by atoms with Gasteiger partial charge >= 0.3 is 0 Å². The molecule has 0 saturated heterocycles. The highest BCUT2D eigenvalue weighted by atomic mass is 16.7. The second kappa shape index (κ2) is 8.05. The normalized spacial score (nSPS) is 11.8. The first-order chi connectivity index (χ1) is 14.1. The Morgan fingerprint density at radius 3 is 2.55 bits per heavy atom. The summed E-state index contributed by atoms with van der Waals surface area (Å²) in [6.07, 6.45) is 0. The predicted octanol–water partition coefficient (Wildman–Crippen LogP) is 3.94. The topological polar surface area (TPSA) is 97.4 Å². The van der Waals surface area contributed by atoms with E-state index in [1.54, 1.807) is 18.2 Å². The number of hydrogen-bond acceptors (Lipinski definition) is 7. The fourth-order valence-corrected chi connectivity index (χ4v) is 2.90. The predicted molar refractivity (Wildman–Crippen MR) is 111 cm³/mol. The van der Waals surface area contributed by atoms with E-state index in [0.717, 1.165) is 23.7 Å². The number of carbonyl (C=O) groups excluding carboxylic acids is 1. The zero-order valence-electron chi connectivity index (χ0n) is 16.2. The average Bonchev–Trinajstić information content (AvgIpc) is 3.17. The monoisotopic (exact) mass is 391 g/mol. The Balaban J connectivity index is 1.42.